The van der Waals surface area contributed by atoms with Gasteiger partial charge < -0.3 is 9.47 Å². The Hall–Kier alpha value is -2.43. The molecular weight excluding hydrogens is 343 g/mol. The van der Waals surface area contributed by atoms with Gasteiger partial charge in [0.15, 0.2) is 0 Å². The summed E-state index contributed by atoms with van der Waals surface area (Å²) < 4.78 is 15.4. The van der Waals surface area contributed by atoms with Crippen molar-refractivity contribution >= 4 is 5.91 Å². The molecule has 1 aliphatic heterocycles. The van der Waals surface area contributed by atoms with Crippen molar-refractivity contribution in [2.45, 2.75) is 39.5 Å². The van der Waals surface area contributed by atoms with Gasteiger partial charge in [-0.3, -0.25) is 9.59 Å². The molecule has 0 spiro atoms. The molecule has 2 aromatic rings. The summed E-state index contributed by atoms with van der Waals surface area (Å²) in [5.74, 6) is -0.0214. The maximum atomic E-state index is 13.8. The number of hydrogen-bond acceptors (Lipinski definition) is 2. The predicted octanol–water partition coefficient (Wildman–Crippen LogP) is 3.63. The fourth-order valence-electron chi connectivity index (χ4n) is 3.85. The Labute approximate surface area is 159 Å². The normalized spacial score (nSPS) is 17.2. The number of carbonyl (C=O) groups excluding carboxylic acids is 1. The van der Waals surface area contributed by atoms with E-state index < -0.39 is 0 Å². The predicted molar refractivity (Wildman–Crippen MR) is 105 cm³/mol. The minimum absolute atomic E-state index is 0.167. The highest BCUT2D eigenvalue weighted by Gasteiger charge is 2.26. The lowest BCUT2D eigenvalue weighted by molar-refractivity contribution is 0.0665. The third-order valence-corrected chi connectivity index (χ3v) is 5.79. The molecule has 144 valence electrons. The summed E-state index contributed by atoms with van der Waals surface area (Å²) in [6.45, 7) is 5.10. The van der Waals surface area contributed by atoms with Gasteiger partial charge in [0.2, 0.25) is 0 Å². The summed E-state index contributed by atoms with van der Waals surface area (Å²) in [5, 5.41) is 0. The minimum atomic E-state index is -0.239. The molecule has 1 fully saturated rings. The Morgan fingerprint density at radius 1 is 1.26 bits per heavy atom. The molecule has 1 aromatic carbocycles. The molecular formula is C22H27FN2O2. The lowest BCUT2D eigenvalue weighted by Crippen LogP contribution is -2.42. The van der Waals surface area contributed by atoms with E-state index in [1.807, 2.05) is 26.0 Å². The number of hydrogen-bond donors (Lipinski definition) is 0. The van der Waals surface area contributed by atoms with E-state index in [9.17, 15) is 14.0 Å². The Morgan fingerprint density at radius 2 is 2.00 bits per heavy atom. The summed E-state index contributed by atoms with van der Waals surface area (Å²) in [6.07, 6.45) is 3.46. The van der Waals surface area contributed by atoms with Crippen LogP contribution >= 0.6 is 0 Å². The number of aromatic nitrogens is 1. The number of nitrogens with zero attached hydrogens (tertiary/aromatic N) is 2. The maximum Gasteiger partial charge on any atom is 0.263 e. The zero-order chi connectivity index (χ0) is 19.6. The number of pyridine rings is 1. The quantitative estimate of drug-likeness (QED) is 0.825. The number of likely N-dealkylation sites (tertiary alicyclic amines) is 1. The fraction of sp³-hybridized carbons (Fsp3) is 0.455. The highest BCUT2D eigenvalue weighted by molar-refractivity contribution is 5.94. The first-order chi connectivity index (χ1) is 12.9. The molecule has 0 radical (unpaired) electrons. The molecule has 4 nitrogen and oxygen atoms in total. The number of carbonyl (C=O) groups is 1. The van der Waals surface area contributed by atoms with Gasteiger partial charge >= 0.3 is 0 Å². The van der Waals surface area contributed by atoms with Crippen LogP contribution < -0.4 is 5.56 Å². The molecule has 0 aliphatic carbocycles. The van der Waals surface area contributed by atoms with Crippen LogP contribution in [0.4, 0.5) is 4.39 Å². The smallest absolute Gasteiger partial charge is 0.263 e. The topological polar surface area (TPSA) is 42.3 Å². The van der Waals surface area contributed by atoms with Crippen molar-refractivity contribution in [1.29, 1.82) is 0 Å². The average Bonchev–Trinajstić information content (AvgIpc) is 2.68. The first-order valence-corrected chi connectivity index (χ1v) is 9.58. The number of amides is 1. The van der Waals surface area contributed by atoms with Gasteiger partial charge in [-0.1, -0.05) is 18.2 Å². The van der Waals surface area contributed by atoms with Crippen LogP contribution in [0.1, 0.15) is 46.4 Å². The van der Waals surface area contributed by atoms with E-state index in [-0.39, 0.29) is 22.8 Å². The van der Waals surface area contributed by atoms with Gasteiger partial charge in [-0.2, -0.15) is 0 Å². The molecule has 0 N–H and O–H groups in total. The van der Waals surface area contributed by atoms with E-state index in [2.05, 4.69) is 0 Å². The molecule has 1 aliphatic rings. The third kappa shape index (κ3) is 4.12. The van der Waals surface area contributed by atoms with Crippen molar-refractivity contribution in [3.8, 4) is 0 Å². The molecule has 1 amide bonds. The van der Waals surface area contributed by atoms with Gasteiger partial charge in [0, 0.05) is 25.8 Å². The fourth-order valence-corrected chi connectivity index (χ4v) is 3.85. The highest BCUT2D eigenvalue weighted by atomic mass is 19.1. The molecule has 5 heteroatoms. The monoisotopic (exact) mass is 370 g/mol. The Morgan fingerprint density at radius 3 is 2.74 bits per heavy atom. The van der Waals surface area contributed by atoms with E-state index in [1.165, 1.54) is 6.07 Å². The molecule has 0 saturated carbocycles. The lowest BCUT2D eigenvalue weighted by Gasteiger charge is -2.33. The van der Waals surface area contributed by atoms with Gasteiger partial charge in [-0.05, 0) is 68.7 Å². The summed E-state index contributed by atoms with van der Waals surface area (Å²) >= 11 is 0. The largest absolute Gasteiger partial charge is 0.338 e. The van der Waals surface area contributed by atoms with Crippen LogP contribution in [0, 0.1) is 25.6 Å². The SMILES string of the molecule is Cc1cc(C(=O)N2CCC[C@H](CCc3ccccc3F)C2)c(=O)n(C)c1C. The zero-order valence-electron chi connectivity index (χ0n) is 16.3. The van der Waals surface area contributed by atoms with Crippen molar-refractivity contribution < 1.29 is 9.18 Å². The second-order valence-electron chi connectivity index (χ2n) is 7.58. The number of benzene rings is 1. The van der Waals surface area contributed by atoms with Crippen LogP contribution in [0.15, 0.2) is 35.1 Å². The summed E-state index contributed by atoms with van der Waals surface area (Å²) in [7, 11) is 1.70. The summed E-state index contributed by atoms with van der Waals surface area (Å²) in [6, 6.07) is 8.57. The van der Waals surface area contributed by atoms with Crippen LogP contribution in [0.3, 0.4) is 0 Å². The van der Waals surface area contributed by atoms with E-state index in [0.29, 0.717) is 25.4 Å². The molecule has 27 heavy (non-hydrogen) atoms. The maximum absolute atomic E-state index is 13.8. The van der Waals surface area contributed by atoms with Crippen LogP contribution in [-0.2, 0) is 13.5 Å². The van der Waals surface area contributed by atoms with Gasteiger partial charge in [0.05, 0.1) is 0 Å². The van der Waals surface area contributed by atoms with Gasteiger partial charge in [0.1, 0.15) is 11.4 Å². The van der Waals surface area contributed by atoms with E-state index >= 15 is 0 Å². The third-order valence-electron chi connectivity index (χ3n) is 5.79. The molecule has 2 heterocycles. The molecule has 3 rings (SSSR count). The highest BCUT2D eigenvalue weighted by Crippen LogP contribution is 2.23. The van der Waals surface area contributed by atoms with E-state index in [4.69, 9.17) is 0 Å². The molecule has 0 bridgehead atoms. The first kappa shape index (κ1) is 19.3. The van der Waals surface area contributed by atoms with Crippen molar-refractivity contribution in [3.63, 3.8) is 0 Å². The standard InChI is InChI=1S/C22H27FN2O2/c1-15-13-19(21(26)24(3)16(15)2)22(27)25-12-6-7-17(14-25)10-11-18-8-4-5-9-20(18)23/h4-5,8-9,13,17H,6-7,10-12,14H2,1-3H3/t17-/m1/s1. The molecule has 1 atom stereocenters. The molecule has 0 unspecified atom stereocenters. The van der Waals surface area contributed by atoms with Crippen LogP contribution in [0.5, 0.6) is 0 Å². The van der Waals surface area contributed by atoms with Crippen LogP contribution in [0.2, 0.25) is 0 Å². The number of piperidine rings is 1. The Balaban J connectivity index is 1.70. The van der Waals surface area contributed by atoms with Gasteiger partial charge in [-0.15, -0.1) is 0 Å². The number of rotatable bonds is 4. The van der Waals surface area contributed by atoms with E-state index in [1.54, 1.807) is 28.6 Å². The summed E-state index contributed by atoms with van der Waals surface area (Å²) in [5.41, 5.74) is 2.54. The van der Waals surface area contributed by atoms with Crippen LogP contribution in [0.25, 0.3) is 0 Å². The van der Waals surface area contributed by atoms with Crippen molar-refractivity contribution in [2.75, 3.05) is 13.1 Å². The Bertz CT molecular complexity index is 904. The second kappa shape index (κ2) is 8.07. The van der Waals surface area contributed by atoms with Gasteiger partial charge in [0.25, 0.3) is 11.5 Å². The molecule has 1 aromatic heterocycles. The van der Waals surface area contributed by atoms with E-state index in [0.717, 1.165) is 36.1 Å². The van der Waals surface area contributed by atoms with Gasteiger partial charge in [-0.25, -0.2) is 4.39 Å². The average molecular weight is 370 g/mol. The molecule has 1 saturated heterocycles. The first-order valence-electron chi connectivity index (χ1n) is 9.58. The Kier molecular flexibility index (Phi) is 5.78. The van der Waals surface area contributed by atoms with Crippen molar-refractivity contribution in [3.05, 3.63) is 68.9 Å². The lowest BCUT2D eigenvalue weighted by atomic mass is 9.91. The van der Waals surface area contributed by atoms with Crippen molar-refractivity contribution in [1.82, 2.24) is 9.47 Å². The summed E-state index contributed by atoms with van der Waals surface area (Å²) in [4.78, 5) is 27.3. The van der Waals surface area contributed by atoms with Crippen molar-refractivity contribution in [2.24, 2.45) is 13.0 Å². The number of halogens is 1. The zero-order valence-corrected chi connectivity index (χ0v) is 16.3. The number of aryl methyl sites for hydroxylation is 2. The minimum Gasteiger partial charge on any atom is -0.338 e. The van der Waals surface area contributed by atoms with Crippen LogP contribution in [-0.4, -0.2) is 28.5 Å². The second-order valence-corrected chi connectivity index (χ2v) is 7.58.